The fourth-order valence-electron chi connectivity index (χ4n) is 3.50. The Balaban J connectivity index is 1.66. The van der Waals surface area contributed by atoms with Crippen LogP contribution in [0.15, 0.2) is 48.7 Å². The van der Waals surface area contributed by atoms with Crippen molar-refractivity contribution >= 4 is 34.4 Å². The first-order chi connectivity index (χ1) is 14.8. The predicted octanol–water partition coefficient (Wildman–Crippen LogP) is 4.04. The van der Waals surface area contributed by atoms with E-state index in [0.717, 1.165) is 16.8 Å². The van der Waals surface area contributed by atoms with Crippen LogP contribution in [0.25, 0.3) is 10.9 Å². The molecule has 7 nitrogen and oxygen atoms in total. The van der Waals surface area contributed by atoms with Crippen LogP contribution < -0.4 is 5.32 Å². The van der Waals surface area contributed by atoms with Crippen LogP contribution in [0, 0.1) is 6.92 Å². The molecule has 31 heavy (non-hydrogen) atoms. The SMILES string of the molecule is COC(=O)c1cn(CC(=O)OCC(=O)Nc2c(C)cccc2C(C)C)c2ccccc12. The van der Waals surface area contributed by atoms with E-state index in [0.29, 0.717) is 16.5 Å². The summed E-state index contributed by atoms with van der Waals surface area (Å²) in [5.41, 5.74) is 3.78. The highest BCUT2D eigenvalue weighted by Gasteiger charge is 2.18. The number of hydrogen-bond donors (Lipinski definition) is 1. The van der Waals surface area contributed by atoms with Crippen molar-refractivity contribution in [3.8, 4) is 0 Å². The second-order valence-corrected chi connectivity index (χ2v) is 7.58. The first kappa shape index (κ1) is 22.1. The van der Waals surface area contributed by atoms with Gasteiger partial charge in [-0.2, -0.15) is 0 Å². The van der Waals surface area contributed by atoms with E-state index in [1.54, 1.807) is 29.0 Å². The summed E-state index contributed by atoms with van der Waals surface area (Å²) in [6, 6.07) is 13.0. The number of nitrogens with one attached hydrogen (secondary N) is 1. The molecule has 0 saturated heterocycles. The molecule has 3 rings (SSSR count). The minimum absolute atomic E-state index is 0.133. The minimum atomic E-state index is -0.582. The number of anilines is 1. The number of rotatable bonds is 7. The van der Waals surface area contributed by atoms with Crippen molar-refractivity contribution < 1.29 is 23.9 Å². The Morgan fingerprint density at radius 2 is 1.81 bits per heavy atom. The Morgan fingerprint density at radius 1 is 1.06 bits per heavy atom. The first-order valence-corrected chi connectivity index (χ1v) is 10.0. The number of para-hydroxylation sites is 2. The molecule has 0 bridgehead atoms. The molecule has 0 aliphatic heterocycles. The summed E-state index contributed by atoms with van der Waals surface area (Å²) in [6.45, 7) is 5.49. The van der Waals surface area contributed by atoms with Gasteiger partial charge < -0.3 is 19.4 Å². The normalized spacial score (nSPS) is 10.9. The third-order valence-electron chi connectivity index (χ3n) is 5.05. The number of benzene rings is 2. The average molecular weight is 422 g/mol. The first-order valence-electron chi connectivity index (χ1n) is 10.0. The quantitative estimate of drug-likeness (QED) is 0.581. The molecule has 7 heteroatoms. The van der Waals surface area contributed by atoms with E-state index in [1.165, 1.54) is 7.11 Å². The van der Waals surface area contributed by atoms with Crippen molar-refractivity contribution in [2.24, 2.45) is 0 Å². The summed E-state index contributed by atoms with van der Waals surface area (Å²) in [7, 11) is 1.31. The second-order valence-electron chi connectivity index (χ2n) is 7.58. The number of methoxy groups -OCH3 is 1. The van der Waals surface area contributed by atoms with Gasteiger partial charge in [-0.15, -0.1) is 0 Å². The second kappa shape index (κ2) is 9.47. The molecule has 1 aromatic heterocycles. The van der Waals surface area contributed by atoms with Crippen molar-refractivity contribution in [1.29, 1.82) is 0 Å². The summed E-state index contributed by atoms with van der Waals surface area (Å²) in [4.78, 5) is 36.8. The van der Waals surface area contributed by atoms with Crippen molar-refractivity contribution in [2.75, 3.05) is 19.0 Å². The lowest BCUT2D eigenvalue weighted by Gasteiger charge is -2.16. The molecule has 1 amide bonds. The third kappa shape index (κ3) is 4.94. The number of hydrogen-bond acceptors (Lipinski definition) is 5. The van der Waals surface area contributed by atoms with Crippen LogP contribution in [-0.4, -0.2) is 36.1 Å². The molecule has 1 N–H and O–H groups in total. The number of esters is 2. The molecular weight excluding hydrogens is 396 g/mol. The highest BCUT2D eigenvalue weighted by molar-refractivity contribution is 6.04. The maximum Gasteiger partial charge on any atom is 0.340 e. The largest absolute Gasteiger partial charge is 0.465 e. The minimum Gasteiger partial charge on any atom is -0.465 e. The van der Waals surface area contributed by atoms with E-state index in [-0.39, 0.29) is 12.5 Å². The van der Waals surface area contributed by atoms with Crippen molar-refractivity contribution in [1.82, 2.24) is 4.57 Å². The van der Waals surface area contributed by atoms with E-state index < -0.39 is 24.5 Å². The number of ether oxygens (including phenoxy) is 2. The van der Waals surface area contributed by atoms with E-state index in [2.05, 4.69) is 19.2 Å². The van der Waals surface area contributed by atoms with Gasteiger partial charge in [0, 0.05) is 22.8 Å². The topological polar surface area (TPSA) is 86.6 Å². The lowest BCUT2D eigenvalue weighted by atomic mass is 9.98. The zero-order chi connectivity index (χ0) is 22.5. The maximum absolute atomic E-state index is 12.4. The van der Waals surface area contributed by atoms with Crippen LogP contribution in [0.1, 0.15) is 41.3 Å². The Hall–Kier alpha value is -3.61. The van der Waals surface area contributed by atoms with Crippen LogP contribution in [-0.2, 0) is 25.6 Å². The predicted molar refractivity (Wildman–Crippen MR) is 118 cm³/mol. The Morgan fingerprint density at radius 3 is 2.52 bits per heavy atom. The van der Waals surface area contributed by atoms with Crippen molar-refractivity contribution in [2.45, 2.75) is 33.2 Å². The summed E-state index contributed by atoms with van der Waals surface area (Å²) in [5, 5.41) is 3.53. The maximum atomic E-state index is 12.4. The molecule has 2 aromatic carbocycles. The van der Waals surface area contributed by atoms with Gasteiger partial charge in [0.2, 0.25) is 0 Å². The van der Waals surface area contributed by atoms with Gasteiger partial charge in [-0.25, -0.2) is 4.79 Å². The van der Waals surface area contributed by atoms with E-state index in [4.69, 9.17) is 9.47 Å². The average Bonchev–Trinajstić information content (AvgIpc) is 3.11. The third-order valence-corrected chi connectivity index (χ3v) is 5.05. The molecule has 0 aliphatic rings. The van der Waals surface area contributed by atoms with Gasteiger partial charge in [0.25, 0.3) is 5.91 Å². The summed E-state index contributed by atoms with van der Waals surface area (Å²) < 4.78 is 11.6. The van der Waals surface area contributed by atoms with Crippen LogP contribution in [0.4, 0.5) is 5.69 Å². The van der Waals surface area contributed by atoms with Gasteiger partial charge in [-0.3, -0.25) is 9.59 Å². The molecule has 3 aromatic rings. The molecule has 0 unspecified atom stereocenters. The lowest BCUT2D eigenvalue weighted by Crippen LogP contribution is -2.23. The Kier molecular flexibility index (Phi) is 6.74. The van der Waals surface area contributed by atoms with Gasteiger partial charge in [-0.05, 0) is 30.0 Å². The van der Waals surface area contributed by atoms with Crippen LogP contribution in [0.3, 0.4) is 0 Å². The molecule has 162 valence electrons. The lowest BCUT2D eigenvalue weighted by molar-refractivity contribution is -0.147. The highest BCUT2D eigenvalue weighted by Crippen LogP contribution is 2.27. The zero-order valence-corrected chi connectivity index (χ0v) is 18.1. The Bertz CT molecular complexity index is 1130. The van der Waals surface area contributed by atoms with Crippen LogP contribution in [0.2, 0.25) is 0 Å². The Labute approximate surface area is 181 Å². The molecule has 0 aliphatic carbocycles. The zero-order valence-electron chi connectivity index (χ0n) is 18.1. The molecule has 1 heterocycles. The van der Waals surface area contributed by atoms with E-state index in [1.807, 2.05) is 31.2 Å². The van der Waals surface area contributed by atoms with Crippen LogP contribution >= 0.6 is 0 Å². The number of aryl methyl sites for hydroxylation is 1. The fourth-order valence-corrected chi connectivity index (χ4v) is 3.50. The van der Waals surface area contributed by atoms with Gasteiger partial charge in [0.1, 0.15) is 6.54 Å². The van der Waals surface area contributed by atoms with Gasteiger partial charge >= 0.3 is 11.9 Å². The standard InChI is InChI=1S/C24H26N2O5/c1-15(2)17-10-7-8-16(3)23(17)25-21(27)14-31-22(28)13-26-12-19(24(29)30-4)18-9-5-6-11-20(18)26/h5-12,15H,13-14H2,1-4H3,(H,25,27). The number of aromatic nitrogens is 1. The molecule has 0 atom stereocenters. The molecule has 0 spiro atoms. The van der Waals surface area contributed by atoms with E-state index in [9.17, 15) is 14.4 Å². The summed E-state index contributed by atoms with van der Waals surface area (Å²) in [6.07, 6.45) is 1.56. The van der Waals surface area contributed by atoms with Gasteiger partial charge in [-0.1, -0.05) is 50.2 Å². The van der Waals surface area contributed by atoms with Crippen LogP contribution in [0.5, 0.6) is 0 Å². The molecule has 0 saturated carbocycles. The fraction of sp³-hybridized carbons (Fsp3) is 0.292. The van der Waals surface area contributed by atoms with Crippen molar-refractivity contribution in [3.05, 3.63) is 65.4 Å². The number of fused-ring (bicyclic) bond motifs is 1. The summed E-state index contributed by atoms with van der Waals surface area (Å²) in [5.74, 6) is -1.23. The monoisotopic (exact) mass is 422 g/mol. The number of carbonyl (C=O) groups excluding carboxylic acids is 3. The van der Waals surface area contributed by atoms with Gasteiger partial charge in [0.15, 0.2) is 6.61 Å². The molecule has 0 radical (unpaired) electrons. The number of nitrogens with zero attached hydrogens (tertiary/aromatic N) is 1. The molecular formula is C24H26N2O5. The number of carbonyl (C=O) groups is 3. The summed E-state index contributed by atoms with van der Waals surface area (Å²) >= 11 is 0. The molecule has 0 fully saturated rings. The smallest absolute Gasteiger partial charge is 0.340 e. The number of amides is 1. The van der Waals surface area contributed by atoms with Crippen molar-refractivity contribution in [3.63, 3.8) is 0 Å². The van der Waals surface area contributed by atoms with E-state index >= 15 is 0 Å². The highest BCUT2D eigenvalue weighted by atomic mass is 16.5. The van der Waals surface area contributed by atoms with Gasteiger partial charge in [0.05, 0.1) is 12.7 Å².